The summed E-state index contributed by atoms with van der Waals surface area (Å²) in [6.07, 6.45) is 0. The summed E-state index contributed by atoms with van der Waals surface area (Å²) in [6, 6.07) is 18.7. The van der Waals surface area contributed by atoms with Crippen LogP contribution < -0.4 is 5.32 Å². The molecule has 1 amide bonds. The third-order valence-corrected chi connectivity index (χ3v) is 7.10. The third kappa shape index (κ3) is 6.18. The molecule has 4 aromatic rings. The van der Waals surface area contributed by atoms with Gasteiger partial charge in [0.1, 0.15) is 0 Å². The summed E-state index contributed by atoms with van der Waals surface area (Å²) >= 11 is 25.7. The van der Waals surface area contributed by atoms with E-state index in [1.807, 2.05) is 18.2 Å². The van der Waals surface area contributed by atoms with Gasteiger partial charge in [0.25, 0.3) is 5.91 Å². The molecule has 1 heterocycles. The molecule has 0 aliphatic carbocycles. The Balaban J connectivity index is 1.59. The van der Waals surface area contributed by atoms with E-state index in [-0.39, 0.29) is 28.7 Å². The molecule has 6 nitrogen and oxygen atoms in total. The van der Waals surface area contributed by atoms with E-state index in [4.69, 9.17) is 46.4 Å². The Labute approximate surface area is 225 Å². The van der Waals surface area contributed by atoms with Crippen LogP contribution in [0, 0.1) is 0 Å². The van der Waals surface area contributed by atoms with E-state index in [2.05, 4.69) is 15.5 Å². The second-order valence-corrected chi connectivity index (χ2v) is 9.82. The van der Waals surface area contributed by atoms with Crippen LogP contribution in [0.2, 0.25) is 20.1 Å². The zero-order valence-corrected chi connectivity index (χ0v) is 21.7. The molecule has 0 spiro atoms. The Morgan fingerprint density at radius 1 is 0.857 bits per heavy atom. The predicted molar refractivity (Wildman–Crippen MR) is 141 cm³/mol. The van der Waals surface area contributed by atoms with Gasteiger partial charge in [-0.15, -0.1) is 10.2 Å². The van der Waals surface area contributed by atoms with Crippen LogP contribution in [0.1, 0.15) is 26.5 Å². The molecular weight excluding hydrogens is 550 g/mol. The molecule has 0 aliphatic heterocycles. The highest BCUT2D eigenvalue weighted by atomic mass is 35.5. The number of amides is 1. The van der Waals surface area contributed by atoms with Crippen LogP contribution in [0.25, 0.3) is 5.69 Å². The van der Waals surface area contributed by atoms with Gasteiger partial charge in [0.15, 0.2) is 16.8 Å². The van der Waals surface area contributed by atoms with Crippen LogP contribution in [0.4, 0.5) is 0 Å². The lowest BCUT2D eigenvalue weighted by atomic mass is 10.2. The fraction of sp³-hybridized carbons (Fsp3) is 0.0833. The Bertz CT molecular complexity index is 1400. The average molecular weight is 566 g/mol. The lowest BCUT2D eigenvalue weighted by Crippen LogP contribution is -2.25. The van der Waals surface area contributed by atoms with E-state index in [0.717, 1.165) is 0 Å². The minimum absolute atomic E-state index is 0.0299. The number of Topliss-reactive ketones (excluding diaryl/α,β-unsaturated/α-hetero) is 1. The summed E-state index contributed by atoms with van der Waals surface area (Å²) in [6.45, 7) is 0.0299. The highest BCUT2D eigenvalue weighted by Crippen LogP contribution is 2.29. The van der Waals surface area contributed by atoms with E-state index < -0.39 is 5.91 Å². The maximum Gasteiger partial charge on any atom is 0.253 e. The van der Waals surface area contributed by atoms with Gasteiger partial charge in [0.2, 0.25) is 0 Å². The van der Waals surface area contributed by atoms with Crippen molar-refractivity contribution in [3.8, 4) is 5.69 Å². The van der Waals surface area contributed by atoms with Gasteiger partial charge in [0.05, 0.1) is 38.6 Å². The average Bonchev–Trinajstić information content (AvgIpc) is 3.27. The van der Waals surface area contributed by atoms with E-state index in [9.17, 15) is 9.59 Å². The van der Waals surface area contributed by atoms with Crippen molar-refractivity contribution in [3.05, 3.63) is 104 Å². The maximum atomic E-state index is 12.7. The first-order valence-electron chi connectivity index (χ1n) is 10.2. The number of benzene rings is 3. The van der Waals surface area contributed by atoms with E-state index in [1.54, 1.807) is 47.0 Å². The third-order valence-electron chi connectivity index (χ3n) is 4.87. The van der Waals surface area contributed by atoms with Crippen molar-refractivity contribution in [3.63, 3.8) is 0 Å². The number of hydrogen-bond donors (Lipinski definition) is 1. The Kier molecular flexibility index (Phi) is 8.36. The van der Waals surface area contributed by atoms with Crippen molar-refractivity contribution >= 4 is 69.9 Å². The molecule has 11 heteroatoms. The van der Waals surface area contributed by atoms with Crippen LogP contribution in [-0.2, 0) is 6.54 Å². The van der Waals surface area contributed by atoms with Crippen molar-refractivity contribution in [1.82, 2.24) is 20.1 Å². The van der Waals surface area contributed by atoms with Gasteiger partial charge in [-0.1, -0.05) is 88.5 Å². The largest absolute Gasteiger partial charge is 0.345 e. The topological polar surface area (TPSA) is 76.9 Å². The van der Waals surface area contributed by atoms with E-state index in [0.29, 0.717) is 37.3 Å². The lowest BCUT2D eigenvalue weighted by Gasteiger charge is -2.12. The molecule has 0 saturated heterocycles. The summed E-state index contributed by atoms with van der Waals surface area (Å²) in [5, 5.41) is 13.1. The SMILES string of the molecule is O=C(CSc1nnc(CNC(=O)c2cc(Cl)ccc2Cl)n1-c1ccc(Cl)c(Cl)c1)c1ccccc1. The Morgan fingerprint density at radius 2 is 1.60 bits per heavy atom. The zero-order chi connectivity index (χ0) is 24.9. The number of hydrogen-bond acceptors (Lipinski definition) is 5. The number of ketones is 1. The Hall–Kier alpha value is -2.55. The van der Waals surface area contributed by atoms with Crippen molar-refractivity contribution in [2.75, 3.05) is 5.75 Å². The zero-order valence-electron chi connectivity index (χ0n) is 17.8. The molecule has 35 heavy (non-hydrogen) atoms. The van der Waals surface area contributed by atoms with Crippen molar-refractivity contribution < 1.29 is 9.59 Å². The molecule has 0 radical (unpaired) electrons. The van der Waals surface area contributed by atoms with Gasteiger partial charge in [0, 0.05) is 10.6 Å². The fourth-order valence-electron chi connectivity index (χ4n) is 3.16. The highest BCUT2D eigenvalue weighted by Gasteiger charge is 2.19. The summed E-state index contributed by atoms with van der Waals surface area (Å²) in [7, 11) is 0. The maximum absolute atomic E-state index is 12.7. The Morgan fingerprint density at radius 3 is 2.34 bits per heavy atom. The van der Waals surface area contributed by atoms with Crippen molar-refractivity contribution in [1.29, 1.82) is 0 Å². The van der Waals surface area contributed by atoms with Gasteiger partial charge in [-0.3, -0.25) is 14.2 Å². The number of nitrogens with one attached hydrogen (secondary N) is 1. The highest BCUT2D eigenvalue weighted by molar-refractivity contribution is 7.99. The number of rotatable bonds is 8. The van der Waals surface area contributed by atoms with Gasteiger partial charge < -0.3 is 5.32 Å². The second-order valence-electron chi connectivity index (χ2n) is 7.22. The number of carbonyl (C=O) groups excluding carboxylic acids is 2. The van der Waals surface area contributed by atoms with Crippen LogP contribution in [-0.4, -0.2) is 32.2 Å². The molecule has 0 unspecified atom stereocenters. The molecular formula is C24H16Cl4N4O2S. The summed E-state index contributed by atoms with van der Waals surface area (Å²) in [5.41, 5.74) is 1.47. The smallest absolute Gasteiger partial charge is 0.253 e. The quantitative estimate of drug-likeness (QED) is 0.188. The van der Waals surface area contributed by atoms with Crippen molar-refractivity contribution in [2.45, 2.75) is 11.7 Å². The van der Waals surface area contributed by atoms with Gasteiger partial charge in [-0.25, -0.2) is 0 Å². The van der Waals surface area contributed by atoms with E-state index in [1.165, 1.54) is 17.8 Å². The number of carbonyl (C=O) groups is 2. The van der Waals surface area contributed by atoms with Crippen LogP contribution >= 0.6 is 58.2 Å². The van der Waals surface area contributed by atoms with Gasteiger partial charge >= 0.3 is 0 Å². The normalized spacial score (nSPS) is 10.9. The first-order chi connectivity index (χ1) is 16.8. The van der Waals surface area contributed by atoms with Crippen LogP contribution in [0.15, 0.2) is 71.9 Å². The minimum atomic E-state index is -0.422. The summed E-state index contributed by atoms with van der Waals surface area (Å²) in [4.78, 5) is 25.3. The first kappa shape index (κ1) is 25.5. The molecule has 0 bridgehead atoms. The van der Waals surface area contributed by atoms with E-state index >= 15 is 0 Å². The molecule has 1 N–H and O–H groups in total. The molecule has 0 atom stereocenters. The number of thioether (sulfide) groups is 1. The lowest BCUT2D eigenvalue weighted by molar-refractivity contribution is 0.0949. The molecule has 3 aromatic carbocycles. The van der Waals surface area contributed by atoms with Crippen molar-refractivity contribution in [2.24, 2.45) is 0 Å². The number of halogens is 4. The van der Waals surface area contributed by atoms with Crippen LogP contribution in [0.5, 0.6) is 0 Å². The van der Waals surface area contributed by atoms with Crippen LogP contribution in [0.3, 0.4) is 0 Å². The molecule has 178 valence electrons. The molecule has 1 aromatic heterocycles. The summed E-state index contributed by atoms with van der Waals surface area (Å²) < 4.78 is 1.71. The minimum Gasteiger partial charge on any atom is -0.345 e. The molecule has 0 aliphatic rings. The fourth-order valence-corrected chi connectivity index (χ4v) is 4.69. The number of aromatic nitrogens is 3. The first-order valence-corrected chi connectivity index (χ1v) is 12.7. The number of nitrogens with zero attached hydrogens (tertiary/aromatic N) is 3. The predicted octanol–water partition coefficient (Wildman–Crippen LogP) is 6.79. The summed E-state index contributed by atoms with van der Waals surface area (Å²) in [5.74, 6) is 0.0949. The standard InChI is InChI=1S/C24H16Cl4N4O2S/c25-15-6-8-18(26)17(10-15)23(34)29-12-22-30-31-24(32(22)16-7-9-19(27)20(28)11-16)35-13-21(33)14-4-2-1-3-5-14/h1-11H,12-13H2,(H,29,34). The van der Waals surface area contributed by atoms with Gasteiger partial charge in [-0.05, 0) is 36.4 Å². The molecule has 4 rings (SSSR count). The second kappa shape index (κ2) is 11.5. The monoisotopic (exact) mass is 564 g/mol. The van der Waals surface area contributed by atoms with Gasteiger partial charge in [-0.2, -0.15) is 0 Å². The molecule has 0 fully saturated rings. The molecule has 0 saturated carbocycles.